The number of rotatable bonds is 4. The fourth-order valence-electron chi connectivity index (χ4n) is 1.55. The molecule has 5 heteroatoms. The minimum absolute atomic E-state index is 0.0461. The van der Waals surface area contributed by atoms with Gasteiger partial charge < -0.3 is 5.32 Å². The van der Waals surface area contributed by atoms with E-state index >= 15 is 0 Å². The van der Waals surface area contributed by atoms with E-state index in [9.17, 15) is 4.39 Å². The van der Waals surface area contributed by atoms with Gasteiger partial charge in [0.25, 0.3) is 0 Å². The highest BCUT2D eigenvalue weighted by Crippen LogP contribution is 2.20. The number of thiazole rings is 1. The Kier molecular flexibility index (Phi) is 3.90. The molecule has 1 N–H and O–H groups in total. The molecule has 0 aliphatic rings. The number of aryl methyl sites for hydroxylation is 1. The zero-order valence-corrected chi connectivity index (χ0v) is 10.7. The molecule has 92 valence electrons. The molecule has 0 atom stereocenters. The highest BCUT2D eigenvalue weighted by atomic mass is 32.1. The van der Waals surface area contributed by atoms with Crippen LogP contribution in [0.3, 0.4) is 0 Å². The van der Waals surface area contributed by atoms with Crippen LogP contribution in [-0.4, -0.2) is 4.98 Å². The van der Waals surface area contributed by atoms with E-state index < -0.39 is 5.82 Å². The van der Waals surface area contributed by atoms with Gasteiger partial charge in [-0.05, 0) is 18.6 Å². The van der Waals surface area contributed by atoms with Crippen molar-refractivity contribution in [2.45, 2.75) is 19.9 Å². The average molecular weight is 261 g/mol. The number of benzene rings is 1. The van der Waals surface area contributed by atoms with E-state index in [1.807, 2.05) is 12.3 Å². The molecule has 0 radical (unpaired) electrons. The second-order valence-electron chi connectivity index (χ2n) is 3.70. The number of hydrogen-bond acceptors (Lipinski definition) is 4. The number of halogens is 1. The third-order valence-corrected chi connectivity index (χ3v) is 3.65. The first-order valence-electron chi connectivity index (χ1n) is 5.60. The Morgan fingerprint density at radius 3 is 3.00 bits per heavy atom. The lowest BCUT2D eigenvalue weighted by atomic mass is 10.2. The van der Waals surface area contributed by atoms with Crippen LogP contribution in [-0.2, 0) is 13.0 Å². The molecular formula is C13H12FN3S. The molecule has 0 amide bonds. The Bertz CT molecular complexity index is 586. The molecule has 0 aliphatic heterocycles. The van der Waals surface area contributed by atoms with Crippen LogP contribution in [0.15, 0.2) is 24.4 Å². The van der Waals surface area contributed by atoms with E-state index in [2.05, 4.69) is 17.2 Å². The quantitative estimate of drug-likeness (QED) is 0.918. The molecule has 2 aromatic rings. The van der Waals surface area contributed by atoms with Crippen LogP contribution in [0.5, 0.6) is 0 Å². The van der Waals surface area contributed by atoms with Crippen LogP contribution in [0, 0.1) is 17.1 Å². The maximum Gasteiger partial charge on any atom is 0.143 e. The van der Waals surface area contributed by atoms with E-state index in [-0.39, 0.29) is 5.56 Å². The van der Waals surface area contributed by atoms with Gasteiger partial charge in [0.05, 0.1) is 12.2 Å². The molecular weight excluding hydrogens is 249 g/mol. The van der Waals surface area contributed by atoms with Gasteiger partial charge >= 0.3 is 0 Å². The summed E-state index contributed by atoms with van der Waals surface area (Å²) in [6, 6.07) is 6.41. The summed E-state index contributed by atoms with van der Waals surface area (Å²) in [6.45, 7) is 2.58. The van der Waals surface area contributed by atoms with Crippen LogP contribution < -0.4 is 5.32 Å². The SMILES string of the molecule is CCc1cnc(CNc2cccc(F)c2C#N)s1. The first kappa shape index (κ1) is 12.5. The van der Waals surface area contributed by atoms with Crippen molar-refractivity contribution >= 4 is 17.0 Å². The molecule has 0 bridgehead atoms. The zero-order valence-electron chi connectivity index (χ0n) is 9.90. The van der Waals surface area contributed by atoms with E-state index in [4.69, 9.17) is 5.26 Å². The molecule has 0 spiro atoms. The minimum atomic E-state index is -0.504. The van der Waals surface area contributed by atoms with Crippen LogP contribution in [0.4, 0.5) is 10.1 Å². The summed E-state index contributed by atoms with van der Waals surface area (Å²) in [5.41, 5.74) is 0.551. The first-order valence-corrected chi connectivity index (χ1v) is 6.42. The van der Waals surface area contributed by atoms with Gasteiger partial charge in [0, 0.05) is 11.1 Å². The van der Waals surface area contributed by atoms with Crippen molar-refractivity contribution in [3.8, 4) is 6.07 Å². The highest BCUT2D eigenvalue weighted by molar-refractivity contribution is 7.11. The average Bonchev–Trinajstić information content (AvgIpc) is 2.84. The summed E-state index contributed by atoms with van der Waals surface area (Å²) in [5, 5.41) is 12.9. The molecule has 18 heavy (non-hydrogen) atoms. The zero-order chi connectivity index (χ0) is 13.0. The topological polar surface area (TPSA) is 48.7 Å². The lowest BCUT2D eigenvalue weighted by Gasteiger charge is -2.06. The fourth-order valence-corrected chi connectivity index (χ4v) is 2.35. The van der Waals surface area contributed by atoms with Crippen molar-refractivity contribution in [1.29, 1.82) is 5.26 Å². The number of anilines is 1. The van der Waals surface area contributed by atoms with Gasteiger partial charge in [-0.15, -0.1) is 11.3 Å². The maximum absolute atomic E-state index is 13.4. The molecule has 1 heterocycles. The van der Waals surface area contributed by atoms with Gasteiger partial charge in [-0.3, -0.25) is 0 Å². The Labute approximate surface area is 109 Å². The Morgan fingerprint density at radius 1 is 1.50 bits per heavy atom. The molecule has 0 unspecified atom stereocenters. The molecule has 3 nitrogen and oxygen atoms in total. The molecule has 1 aromatic heterocycles. The second-order valence-corrected chi connectivity index (χ2v) is 4.90. The molecule has 0 saturated heterocycles. The minimum Gasteiger partial charge on any atom is -0.377 e. The van der Waals surface area contributed by atoms with Gasteiger partial charge in [-0.1, -0.05) is 13.0 Å². The van der Waals surface area contributed by atoms with Crippen molar-refractivity contribution in [1.82, 2.24) is 4.98 Å². The van der Waals surface area contributed by atoms with Crippen molar-refractivity contribution in [2.24, 2.45) is 0 Å². The van der Waals surface area contributed by atoms with Gasteiger partial charge in [0.2, 0.25) is 0 Å². The van der Waals surface area contributed by atoms with Gasteiger partial charge in [-0.25, -0.2) is 9.37 Å². The lowest BCUT2D eigenvalue weighted by Crippen LogP contribution is -2.01. The van der Waals surface area contributed by atoms with Crippen molar-refractivity contribution in [2.75, 3.05) is 5.32 Å². The summed E-state index contributed by atoms with van der Waals surface area (Å²) in [7, 11) is 0. The number of nitriles is 1. The van der Waals surface area contributed by atoms with Crippen LogP contribution in [0.2, 0.25) is 0 Å². The standard InChI is InChI=1S/C13H12FN3S/c1-2-9-7-17-13(18-9)8-16-12-5-3-4-11(14)10(12)6-15/h3-5,7,16H,2,8H2,1H3. The molecule has 1 aromatic carbocycles. The third-order valence-electron chi connectivity index (χ3n) is 2.51. The summed E-state index contributed by atoms with van der Waals surface area (Å²) >= 11 is 1.62. The predicted octanol–water partition coefficient (Wildman–Crippen LogP) is 3.33. The summed E-state index contributed by atoms with van der Waals surface area (Å²) in [6.07, 6.45) is 2.81. The van der Waals surface area contributed by atoms with Crippen molar-refractivity contribution < 1.29 is 4.39 Å². The van der Waals surface area contributed by atoms with E-state index in [0.717, 1.165) is 11.4 Å². The monoisotopic (exact) mass is 261 g/mol. The second kappa shape index (κ2) is 5.61. The number of aromatic nitrogens is 1. The maximum atomic E-state index is 13.4. The van der Waals surface area contributed by atoms with Crippen LogP contribution in [0.1, 0.15) is 22.4 Å². The van der Waals surface area contributed by atoms with Gasteiger partial charge in [0.15, 0.2) is 0 Å². The molecule has 2 rings (SSSR count). The normalized spacial score (nSPS) is 10.1. The van der Waals surface area contributed by atoms with Crippen molar-refractivity contribution in [3.63, 3.8) is 0 Å². The van der Waals surface area contributed by atoms with Crippen LogP contribution in [0.25, 0.3) is 0 Å². The third kappa shape index (κ3) is 2.66. The van der Waals surface area contributed by atoms with Gasteiger partial charge in [-0.2, -0.15) is 5.26 Å². The number of nitrogens with zero attached hydrogens (tertiary/aromatic N) is 2. The summed E-state index contributed by atoms with van der Waals surface area (Å²) in [5.74, 6) is -0.504. The van der Waals surface area contributed by atoms with E-state index in [1.54, 1.807) is 23.5 Å². The predicted molar refractivity (Wildman–Crippen MR) is 69.9 cm³/mol. The number of hydrogen-bond donors (Lipinski definition) is 1. The molecule has 0 saturated carbocycles. The summed E-state index contributed by atoms with van der Waals surface area (Å²) in [4.78, 5) is 5.47. The highest BCUT2D eigenvalue weighted by Gasteiger charge is 2.08. The van der Waals surface area contributed by atoms with E-state index in [1.165, 1.54) is 10.9 Å². The lowest BCUT2D eigenvalue weighted by molar-refractivity contribution is 0.624. The number of nitrogens with one attached hydrogen (secondary N) is 1. The Balaban J connectivity index is 2.11. The smallest absolute Gasteiger partial charge is 0.143 e. The van der Waals surface area contributed by atoms with Gasteiger partial charge in [0.1, 0.15) is 22.5 Å². The van der Waals surface area contributed by atoms with E-state index in [0.29, 0.717) is 12.2 Å². The first-order chi connectivity index (χ1) is 8.74. The van der Waals surface area contributed by atoms with Crippen LogP contribution >= 0.6 is 11.3 Å². The fraction of sp³-hybridized carbons (Fsp3) is 0.231. The Morgan fingerprint density at radius 2 is 2.33 bits per heavy atom. The Hall–Kier alpha value is -1.93. The molecule has 0 fully saturated rings. The largest absolute Gasteiger partial charge is 0.377 e. The van der Waals surface area contributed by atoms with Crippen molar-refractivity contribution in [3.05, 3.63) is 45.7 Å². The summed E-state index contributed by atoms with van der Waals surface area (Å²) < 4.78 is 13.4. The molecule has 0 aliphatic carbocycles.